The second-order valence-corrected chi connectivity index (χ2v) is 9.32. The quantitative estimate of drug-likeness (QED) is 0.202. The van der Waals surface area contributed by atoms with E-state index >= 15 is 0 Å². The largest absolute Gasteiger partial charge is 0.457 e. The molecule has 0 spiro atoms. The molecule has 4 rings (SSSR count). The van der Waals surface area contributed by atoms with Gasteiger partial charge in [-0.25, -0.2) is 4.39 Å². The molecule has 4 aromatic rings. The molecule has 0 fully saturated rings. The van der Waals surface area contributed by atoms with Gasteiger partial charge in [-0.1, -0.05) is 43.3 Å². The van der Waals surface area contributed by atoms with Crippen LogP contribution in [0.4, 0.5) is 36.4 Å². The monoisotopic (exact) mass is 577 g/mol. The van der Waals surface area contributed by atoms with E-state index in [-0.39, 0.29) is 17.0 Å². The third-order valence-electron chi connectivity index (χ3n) is 6.58. The number of ether oxygens (including phenoxy) is 1. The molecule has 0 aliphatic rings. The first-order valence-electron chi connectivity index (χ1n) is 12.7. The zero-order chi connectivity index (χ0) is 29.8. The van der Waals surface area contributed by atoms with E-state index in [2.05, 4.69) is 0 Å². The number of aryl methyl sites for hydroxylation is 1. The highest BCUT2D eigenvalue weighted by Crippen LogP contribution is 2.40. The van der Waals surface area contributed by atoms with Gasteiger partial charge in [-0.05, 0) is 66.1 Å². The molecule has 10 heteroatoms. The molecule has 4 aromatic carbocycles. The average Bonchev–Trinajstić information content (AvgIpc) is 2.93. The Morgan fingerprint density at radius 2 is 1.46 bits per heavy atom. The van der Waals surface area contributed by atoms with Gasteiger partial charge in [-0.3, -0.25) is 0 Å². The summed E-state index contributed by atoms with van der Waals surface area (Å²) in [6.45, 7) is 0.539. The maximum atomic E-state index is 14.8. The number of benzene rings is 4. The molecule has 41 heavy (non-hydrogen) atoms. The molecule has 0 saturated heterocycles. The van der Waals surface area contributed by atoms with Crippen molar-refractivity contribution >= 4 is 5.69 Å². The summed E-state index contributed by atoms with van der Waals surface area (Å²) in [6.07, 6.45) is -8.80. The van der Waals surface area contributed by atoms with Gasteiger partial charge < -0.3 is 14.7 Å². The summed E-state index contributed by atoms with van der Waals surface area (Å²) in [6, 6.07) is 18.4. The number of aliphatic hydroxyl groups is 1. The predicted octanol–water partition coefficient (Wildman–Crippen LogP) is 8.96. The lowest BCUT2D eigenvalue weighted by molar-refractivity contribution is -0.139. The Kier molecular flexibility index (Phi) is 8.92. The van der Waals surface area contributed by atoms with Gasteiger partial charge in [0.05, 0.1) is 23.8 Å². The van der Waals surface area contributed by atoms with Crippen LogP contribution in [0, 0.1) is 5.82 Å². The topological polar surface area (TPSA) is 32.7 Å². The normalized spacial score (nSPS) is 12.7. The van der Waals surface area contributed by atoms with Gasteiger partial charge in [-0.2, -0.15) is 26.3 Å². The fraction of sp³-hybridized carbons (Fsp3) is 0.226. The smallest absolute Gasteiger partial charge is 0.416 e. The first-order valence-corrected chi connectivity index (χ1v) is 12.7. The molecule has 0 bridgehead atoms. The number of nitrogens with zero attached hydrogens (tertiary/aromatic N) is 1. The maximum absolute atomic E-state index is 14.8. The molecular formula is C31H26F7NO2. The number of rotatable bonds is 9. The molecule has 0 amide bonds. The van der Waals surface area contributed by atoms with E-state index in [1.807, 2.05) is 19.1 Å². The van der Waals surface area contributed by atoms with Crippen LogP contribution >= 0.6 is 0 Å². The number of hydrogen-bond acceptors (Lipinski definition) is 3. The van der Waals surface area contributed by atoms with Crippen molar-refractivity contribution in [2.75, 3.05) is 11.5 Å². The van der Waals surface area contributed by atoms with E-state index in [1.165, 1.54) is 35.2 Å². The number of aliphatic hydroxyl groups excluding tert-OH is 1. The molecule has 0 heterocycles. The zero-order valence-electron chi connectivity index (χ0n) is 21.8. The van der Waals surface area contributed by atoms with E-state index in [4.69, 9.17) is 4.74 Å². The van der Waals surface area contributed by atoms with E-state index < -0.39 is 54.1 Å². The van der Waals surface area contributed by atoms with Crippen LogP contribution in [0.2, 0.25) is 0 Å². The van der Waals surface area contributed by atoms with Crippen molar-refractivity contribution in [1.82, 2.24) is 0 Å². The molecule has 0 saturated carbocycles. The van der Waals surface area contributed by atoms with E-state index in [0.29, 0.717) is 23.9 Å². The van der Waals surface area contributed by atoms with Crippen LogP contribution in [0.3, 0.4) is 0 Å². The van der Waals surface area contributed by atoms with Crippen LogP contribution in [0.25, 0.3) is 0 Å². The Hall–Kier alpha value is -4.05. The van der Waals surface area contributed by atoms with Gasteiger partial charge in [0.15, 0.2) is 0 Å². The fourth-order valence-electron chi connectivity index (χ4n) is 4.54. The van der Waals surface area contributed by atoms with Crippen molar-refractivity contribution in [3.63, 3.8) is 0 Å². The van der Waals surface area contributed by atoms with Crippen molar-refractivity contribution in [2.45, 2.75) is 38.3 Å². The van der Waals surface area contributed by atoms with Crippen molar-refractivity contribution < 1.29 is 40.6 Å². The molecule has 1 atom stereocenters. The molecule has 0 aliphatic heterocycles. The van der Waals surface area contributed by atoms with Crippen molar-refractivity contribution in [1.29, 1.82) is 0 Å². The van der Waals surface area contributed by atoms with Crippen molar-refractivity contribution in [2.24, 2.45) is 0 Å². The Labute approximate surface area is 232 Å². The number of halogens is 7. The summed E-state index contributed by atoms with van der Waals surface area (Å²) in [5.74, 6) is -0.197. The minimum Gasteiger partial charge on any atom is -0.457 e. The highest BCUT2D eigenvalue weighted by Gasteiger charge is 2.37. The third-order valence-corrected chi connectivity index (χ3v) is 6.58. The second-order valence-electron chi connectivity index (χ2n) is 9.32. The first-order chi connectivity index (χ1) is 19.4. The van der Waals surface area contributed by atoms with E-state index in [1.54, 1.807) is 24.3 Å². The second kappa shape index (κ2) is 12.2. The van der Waals surface area contributed by atoms with E-state index in [9.17, 15) is 35.8 Å². The van der Waals surface area contributed by atoms with Gasteiger partial charge in [-0.15, -0.1) is 0 Å². The van der Waals surface area contributed by atoms with Gasteiger partial charge >= 0.3 is 12.4 Å². The van der Waals surface area contributed by atoms with Crippen LogP contribution in [0.5, 0.6) is 11.5 Å². The van der Waals surface area contributed by atoms with Crippen LogP contribution in [-0.4, -0.2) is 11.7 Å². The van der Waals surface area contributed by atoms with Crippen LogP contribution in [0.15, 0.2) is 91.0 Å². The summed E-state index contributed by atoms with van der Waals surface area (Å²) in [7, 11) is 0. The fourth-order valence-corrected chi connectivity index (χ4v) is 4.54. The molecule has 0 aromatic heterocycles. The minimum absolute atomic E-state index is 0.196. The Morgan fingerprint density at radius 1 is 0.780 bits per heavy atom. The Bertz CT molecular complexity index is 1480. The van der Waals surface area contributed by atoms with Gasteiger partial charge in [0, 0.05) is 23.9 Å². The standard InChI is InChI=1S/C31H26F7NO2/c1-2-20-7-5-9-24(15-20)41-25-10-6-8-23(17-25)39(18-21-16-22(30(33,34)35)13-14-28(21)32)29(19-40)26-11-3-4-12-27(26)31(36,37)38/h3-17,29,40H,2,18-19H2,1H3. The number of alkyl halides is 6. The molecule has 216 valence electrons. The van der Waals surface area contributed by atoms with Crippen LogP contribution < -0.4 is 9.64 Å². The average molecular weight is 578 g/mol. The highest BCUT2D eigenvalue weighted by atomic mass is 19.4. The molecule has 0 aliphatic carbocycles. The predicted molar refractivity (Wildman–Crippen MR) is 141 cm³/mol. The van der Waals surface area contributed by atoms with Gasteiger partial charge in [0.2, 0.25) is 0 Å². The summed E-state index contributed by atoms with van der Waals surface area (Å²) in [5, 5.41) is 10.4. The van der Waals surface area contributed by atoms with Crippen LogP contribution in [-0.2, 0) is 25.3 Å². The molecular weight excluding hydrogens is 551 g/mol. The molecule has 1 N–H and O–H groups in total. The van der Waals surface area contributed by atoms with Crippen molar-refractivity contribution in [3.05, 3.63) is 125 Å². The summed E-state index contributed by atoms with van der Waals surface area (Å²) in [5.41, 5.74) is -1.68. The first kappa shape index (κ1) is 29.9. The summed E-state index contributed by atoms with van der Waals surface area (Å²) < 4.78 is 103. The molecule has 3 nitrogen and oxygen atoms in total. The Balaban J connectivity index is 1.83. The maximum Gasteiger partial charge on any atom is 0.416 e. The Morgan fingerprint density at radius 3 is 2.12 bits per heavy atom. The third kappa shape index (κ3) is 7.18. The zero-order valence-corrected chi connectivity index (χ0v) is 21.8. The number of anilines is 1. The number of hydrogen-bond donors (Lipinski definition) is 1. The van der Waals surface area contributed by atoms with Crippen molar-refractivity contribution in [3.8, 4) is 11.5 Å². The lowest BCUT2D eigenvalue weighted by Gasteiger charge is -2.35. The minimum atomic E-state index is -4.79. The van der Waals surface area contributed by atoms with Gasteiger partial charge in [0.25, 0.3) is 0 Å². The van der Waals surface area contributed by atoms with Crippen LogP contribution in [0.1, 0.15) is 40.8 Å². The summed E-state index contributed by atoms with van der Waals surface area (Å²) in [4.78, 5) is 1.23. The van der Waals surface area contributed by atoms with E-state index in [0.717, 1.165) is 18.1 Å². The SMILES string of the molecule is CCc1cccc(Oc2cccc(N(Cc3cc(C(F)(F)F)ccc3F)C(CO)c3ccccc3C(F)(F)F)c2)c1. The lowest BCUT2D eigenvalue weighted by Crippen LogP contribution is -2.33. The highest BCUT2D eigenvalue weighted by molar-refractivity contribution is 5.55. The lowest BCUT2D eigenvalue weighted by atomic mass is 9.97. The summed E-state index contributed by atoms with van der Waals surface area (Å²) >= 11 is 0. The molecule has 1 unspecified atom stereocenters. The molecule has 0 radical (unpaired) electrons. The van der Waals surface area contributed by atoms with Gasteiger partial charge in [0.1, 0.15) is 17.3 Å².